The molecular weight excluding hydrogens is 709 g/mol. The van der Waals surface area contributed by atoms with E-state index in [2.05, 4.69) is 38.2 Å². The van der Waals surface area contributed by atoms with Crippen LogP contribution in [0.2, 0.25) is 0 Å². The molecule has 0 amide bonds. The predicted octanol–water partition coefficient (Wildman–Crippen LogP) is 13.0. The topological polar surface area (TPSA) is 94.1 Å². The maximum Gasteiger partial charge on any atom is 0.306 e. The van der Waals surface area contributed by atoms with Gasteiger partial charge in [0.05, 0.1) is 34.4 Å². The lowest BCUT2D eigenvalue weighted by molar-refractivity contribution is -0.870. The zero-order valence-corrected chi connectivity index (χ0v) is 37.8. The lowest BCUT2D eigenvalue weighted by Gasteiger charge is -2.28. The highest BCUT2D eigenvalue weighted by molar-refractivity contribution is 7.45. The summed E-state index contributed by atoms with van der Waals surface area (Å²) in [5.41, 5.74) is 0. The first-order valence-electron chi connectivity index (χ1n) is 23.1. The third kappa shape index (κ3) is 43.9. The maximum absolute atomic E-state index is 12.7. The molecule has 0 aliphatic rings. The molecule has 2 atom stereocenters. The average molecular weight is 800 g/mol. The molecule has 0 bridgehead atoms. The van der Waals surface area contributed by atoms with Crippen LogP contribution in [0.4, 0.5) is 0 Å². The number of carbonyl (C=O) groups is 1. The molecule has 0 aliphatic carbocycles. The molecule has 0 aromatic rings. The van der Waals surface area contributed by atoms with Gasteiger partial charge in [0, 0.05) is 13.0 Å². The lowest BCUT2D eigenvalue weighted by atomic mass is 10.0. The Balaban J connectivity index is 4.14. The first-order valence-corrected chi connectivity index (χ1v) is 24.5. The molecule has 0 aliphatic heterocycles. The van der Waals surface area contributed by atoms with Crippen LogP contribution in [0, 0.1) is 0 Å². The van der Waals surface area contributed by atoms with E-state index in [9.17, 15) is 14.3 Å². The van der Waals surface area contributed by atoms with Gasteiger partial charge in [0.1, 0.15) is 19.3 Å². The molecule has 0 N–H and O–H groups in total. The molecule has 0 saturated heterocycles. The second-order valence-electron chi connectivity index (χ2n) is 16.8. The molecule has 0 fully saturated rings. The van der Waals surface area contributed by atoms with Crippen molar-refractivity contribution in [2.75, 3.05) is 54.1 Å². The van der Waals surface area contributed by atoms with Gasteiger partial charge in [0.2, 0.25) is 0 Å². The van der Waals surface area contributed by atoms with Crippen LogP contribution in [0.25, 0.3) is 0 Å². The number of phosphoric acid groups is 1. The van der Waals surface area contributed by atoms with Crippen molar-refractivity contribution < 1.29 is 37.3 Å². The largest absolute Gasteiger partial charge is 0.756 e. The van der Waals surface area contributed by atoms with Crippen LogP contribution in [0.5, 0.6) is 0 Å². The molecule has 0 saturated carbocycles. The number of carbonyl (C=O) groups excluding carboxylic acids is 1. The minimum atomic E-state index is -4.52. The first kappa shape index (κ1) is 54.0. The number of nitrogens with zero attached hydrogens (tertiary/aromatic N) is 1. The van der Waals surface area contributed by atoms with Gasteiger partial charge >= 0.3 is 5.97 Å². The second-order valence-corrected chi connectivity index (χ2v) is 18.2. The van der Waals surface area contributed by atoms with E-state index in [4.69, 9.17) is 18.5 Å². The van der Waals surface area contributed by atoms with Gasteiger partial charge in [-0.05, 0) is 38.5 Å². The number of hydrogen-bond acceptors (Lipinski definition) is 7. The van der Waals surface area contributed by atoms with Crippen LogP contribution >= 0.6 is 7.82 Å². The number of hydrogen-bond donors (Lipinski definition) is 0. The molecule has 2 unspecified atom stereocenters. The molecule has 9 heteroatoms. The van der Waals surface area contributed by atoms with E-state index in [-0.39, 0.29) is 25.8 Å². The molecule has 0 aromatic heterocycles. The van der Waals surface area contributed by atoms with Crippen LogP contribution in [-0.2, 0) is 27.9 Å². The summed E-state index contributed by atoms with van der Waals surface area (Å²) in [6.07, 6.45) is 44.8. The summed E-state index contributed by atoms with van der Waals surface area (Å²) in [4.78, 5) is 25.0. The van der Waals surface area contributed by atoms with Crippen molar-refractivity contribution in [2.45, 2.75) is 213 Å². The minimum Gasteiger partial charge on any atom is -0.756 e. The molecule has 0 radical (unpaired) electrons. The van der Waals surface area contributed by atoms with Crippen LogP contribution in [-0.4, -0.2) is 70.7 Å². The van der Waals surface area contributed by atoms with E-state index in [0.717, 1.165) is 64.2 Å². The van der Waals surface area contributed by atoms with E-state index >= 15 is 0 Å². The number of ether oxygens (including phenoxy) is 2. The Kier molecular flexibility index (Phi) is 39.1. The van der Waals surface area contributed by atoms with Gasteiger partial charge in [-0.1, -0.05) is 186 Å². The van der Waals surface area contributed by atoms with Crippen molar-refractivity contribution in [3.05, 3.63) is 24.3 Å². The van der Waals surface area contributed by atoms with E-state index in [1.807, 2.05) is 21.1 Å². The zero-order chi connectivity index (χ0) is 40.6. The van der Waals surface area contributed by atoms with Crippen LogP contribution < -0.4 is 4.89 Å². The number of quaternary nitrogens is 1. The van der Waals surface area contributed by atoms with Crippen molar-refractivity contribution in [1.82, 2.24) is 0 Å². The van der Waals surface area contributed by atoms with Crippen molar-refractivity contribution in [3.63, 3.8) is 0 Å². The van der Waals surface area contributed by atoms with E-state index in [0.29, 0.717) is 24.1 Å². The highest BCUT2D eigenvalue weighted by Gasteiger charge is 2.20. The number of allylic oxidation sites excluding steroid dienone is 4. The molecule has 8 nitrogen and oxygen atoms in total. The number of unbranched alkanes of at least 4 members (excludes halogenated alkanes) is 25. The fourth-order valence-electron chi connectivity index (χ4n) is 6.41. The standard InChI is InChI=1S/C46H90NO7P/c1-6-8-10-12-14-16-18-20-21-22-23-24-25-26-28-30-32-34-36-38-41-51-43-45(44-53-55(49,50)52-42-40-47(3,4)5)54-46(48)39-37-35-33-31-29-27-19-17-15-13-11-9-7-2/h11,13,17,19,45H,6-10,12,14-16,18,20-44H2,1-5H3/b13-11-,19-17-. The lowest BCUT2D eigenvalue weighted by Crippen LogP contribution is -2.37. The Labute approximate surface area is 341 Å². The average Bonchev–Trinajstić information content (AvgIpc) is 3.13. The third-order valence-electron chi connectivity index (χ3n) is 9.99. The summed E-state index contributed by atoms with van der Waals surface area (Å²) < 4.78 is 34.6. The van der Waals surface area contributed by atoms with E-state index in [1.54, 1.807) is 0 Å². The number of rotatable bonds is 43. The van der Waals surface area contributed by atoms with E-state index < -0.39 is 13.9 Å². The van der Waals surface area contributed by atoms with Crippen molar-refractivity contribution >= 4 is 13.8 Å². The molecule has 55 heavy (non-hydrogen) atoms. The Morgan fingerprint density at radius 1 is 0.564 bits per heavy atom. The van der Waals surface area contributed by atoms with Crippen molar-refractivity contribution in [2.24, 2.45) is 0 Å². The Morgan fingerprint density at radius 2 is 1.04 bits per heavy atom. The summed E-state index contributed by atoms with van der Waals surface area (Å²) in [6.45, 7) is 5.36. The number of phosphoric ester groups is 1. The summed E-state index contributed by atoms with van der Waals surface area (Å²) in [6, 6.07) is 0. The number of esters is 1. The van der Waals surface area contributed by atoms with Crippen molar-refractivity contribution in [3.8, 4) is 0 Å². The van der Waals surface area contributed by atoms with Gasteiger partial charge < -0.3 is 27.9 Å². The maximum atomic E-state index is 12.7. The Bertz CT molecular complexity index is 936. The third-order valence-corrected chi connectivity index (χ3v) is 11.0. The highest BCUT2D eigenvalue weighted by Crippen LogP contribution is 2.38. The van der Waals surface area contributed by atoms with Gasteiger partial charge in [-0.2, -0.15) is 0 Å². The second kappa shape index (κ2) is 39.8. The fraction of sp³-hybridized carbons (Fsp3) is 0.891. The summed E-state index contributed by atoms with van der Waals surface area (Å²) in [7, 11) is 1.35. The Morgan fingerprint density at radius 3 is 1.55 bits per heavy atom. The molecule has 0 spiro atoms. The number of likely N-dealkylation sites (N-methyl/N-ethyl adjacent to an activating group) is 1. The van der Waals surface area contributed by atoms with Gasteiger partial charge in [0.25, 0.3) is 7.82 Å². The van der Waals surface area contributed by atoms with Crippen molar-refractivity contribution in [1.29, 1.82) is 0 Å². The van der Waals surface area contributed by atoms with Gasteiger partial charge in [-0.15, -0.1) is 0 Å². The fourth-order valence-corrected chi connectivity index (χ4v) is 7.14. The first-order chi connectivity index (χ1) is 26.6. The molecule has 0 rings (SSSR count). The SMILES string of the molecule is CCC/C=C\C/C=C\CCCCCCCC(=O)OC(COCCCCCCCCCCCCCCCCCCCCCC)COP(=O)([O-])OCC[N+](C)(C)C. The zero-order valence-electron chi connectivity index (χ0n) is 36.9. The summed E-state index contributed by atoms with van der Waals surface area (Å²) >= 11 is 0. The highest BCUT2D eigenvalue weighted by atomic mass is 31.2. The molecular formula is C46H90NO7P. The molecule has 326 valence electrons. The smallest absolute Gasteiger partial charge is 0.306 e. The predicted molar refractivity (Wildman–Crippen MR) is 231 cm³/mol. The van der Waals surface area contributed by atoms with Gasteiger partial charge in [-0.3, -0.25) is 9.36 Å². The molecule has 0 aromatic carbocycles. The van der Waals surface area contributed by atoms with Crippen LogP contribution in [0.1, 0.15) is 206 Å². The monoisotopic (exact) mass is 800 g/mol. The van der Waals surface area contributed by atoms with Crippen LogP contribution in [0.15, 0.2) is 24.3 Å². The quantitative estimate of drug-likeness (QED) is 0.0199. The normalized spacial score (nSPS) is 13.9. The molecule has 0 heterocycles. The van der Waals surface area contributed by atoms with Gasteiger partial charge in [0.15, 0.2) is 0 Å². The van der Waals surface area contributed by atoms with Crippen LogP contribution in [0.3, 0.4) is 0 Å². The summed E-state index contributed by atoms with van der Waals surface area (Å²) in [5, 5.41) is 0. The summed E-state index contributed by atoms with van der Waals surface area (Å²) in [5.74, 6) is -0.346. The van der Waals surface area contributed by atoms with Gasteiger partial charge in [-0.25, -0.2) is 0 Å². The Hall–Kier alpha value is -1.02. The van der Waals surface area contributed by atoms with E-state index in [1.165, 1.54) is 122 Å². The minimum absolute atomic E-state index is 0.0251.